The lowest BCUT2D eigenvalue weighted by Gasteiger charge is -2.47. The van der Waals surface area contributed by atoms with Gasteiger partial charge in [-0.05, 0) is 6.92 Å². The largest absolute Gasteiger partial charge is 0.479 e. The minimum absolute atomic E-state index is 0.831. The summed E-state index contributed by atoms with van der Waals surface area (Å²) in [6.45, 7) is 0.525. The van der Waals surface area contributed by atoms with Crippen LogP contribution < -0.4 is 0 Å². The predicted molar refractivity (Wildman–Crippen MR) is 100 cm³/mol. The molecule has 198 valence electrons. The third-order valence-corrected chi connectivity index (χ3v) is 6.02. The van der Waals surface area contributed by atoms with Gasteiger partial charge in [0.2, 0.25) is 0 Å². The third-order valence-electron chi connectivity index (χ3n) is 6.02. The molecular formula is C18H30O16. The fourth-order valence-corrected chi connectivity index (χ4v) is 3.95. The lowest BCUT2D eigenvalue weighted by atomic mass is 9.96. The van der Waals surface area contributed by atoms with Crippen molar-refractivity contribution in [2.75, 3.05) is 6.61 Å². The second-order valence-corrected chi connectivity index (χ2v) is 8.36. The van der Waals surface area contributed by atoms with E-state index in [9.17, 15) is 55.9 Å². The van der Waals surface area contributed by atoms with Gasteiger partial charge in [0.05, 0.1) is 12.7 Å². The molecule has 0 aromatic heterocycles. The van der Waals surface area contributed by atoms with E-state index in [1.807, 2.05) is 0 Å². The molecule has 0 aromatic rings. The minimum atomic E-state index is -2.06. The number of aliphatic hydroxyl groups is 9. The standard InChI is InChI=1S/C18H30O16/c1-3-5(20)7(22)11(26)17(30-3)34-13-8(23)6(21)4(2-19)31-18(13)33-12-9(24)10(25)16(29)32-14(12)15(27)28/h3-14,16-26,29H,2H2,1H3,(H,27,28)/t3-,4+,5-,6+,7+,8-,9+,10+,11+,12-,13+,14-,16?,17-,18-/m0/s1. The van der Waals surface area contributed by atoms with Crippen LogP contribution in [0.25, 0.3) is 0 Å². The maximum absolute atomic E-state index is 11.6. The van der Waals surface area contributed by atoms with Crippen molar-refractivity contribution in [1.29, 1.82) is 0 Å². The molecule has 16 heteroatoms. The number of hydrogen-bond donors (Lipinski definition) is 10. The number of aliphatic carboxylic acids is 1. The highest BCUT2D eigenvalue weighted by atomic mass is 16.8. The fourth-order valence-electron chi connectivity index (χ4n) is 3.95. The number of hydrogen-bond acceptors (Lipinski definition) is 15. The van der Waals surface area contributed by atoms with Crippen LogP contribution in [0.1, 0.15) is 6.92 Å². The Morgan fingerprint density at radius 1 is 0.706 bits per heavy atom. The van der Waals surface area contributed by atoms with Crippen molar-refractivity contribution in [2.24, 2.45) is 0 Å². The zero-order valence-corrected chi connectivity index (χ0v) is 17.8. The zero-order valence-electron chi connectivity index (χ0n) is 17.8. The Bertz CT molecular complexity index is 695. The molecular weight excluding hydrogens is 472 g/mol. The molecule has 3 aliphatic heterocycles. The molecule has 10 N–H and O–H groups in total. The van der Waals surface area contributed by atoms with Crippen molar-refractivity contribution in [3.8, 4) is 0 Å². The van der Waals surface area contributed by atoms with Crippen LogP contribution in [0, 0.1) is 0 Å². The van der Waals surface area contributed by atoms with Gasteiger partial charge >= 0.3 is 5.97 Å². The highest BCUT2D eigenvalue weighted by molar-refractivity contribution is 5.73. The van der Waals surface area contributed by atoms with Crippen LogP contribution in [0.3, 0.4) is 0 Å². The molecule has 3 saturated heterocycles. The first-order valence-electron chi connectivity index (χ1n) is 10.4. The van der Waals surface area contributed by atoms with Crippen LogP contribution in [0.5, 0.6) is 0 Å². The summed E-state index contributed by atoms with van der Waals surface area (Å²) in [5.74, 6) is -1.69. The van der Waals surface area contributed by atoms with Gasteiger partial charge in [-0.25, -0.2) is 4.79 Å². The number of carboxylic acid groups (broad SMARTS) is 1. The molecule has 3 fully saturated rings. The molecule has 0 radical (unpaired) electrons. The van der Waals surface area contributed by atoms with Crippen molar-refractivity contribution in [3.05, 3.63) is 0 Å². The lowest BCUT2D eigenvalue weighted by Crippen LogP contribution is -2.67. The number of carbonyl (C=O) groups is 1. The van der Waals surface area contributed by atoms with Crippen molar-refractivity contribution < 1.29 is 79.5 Å². The van der Waals surface area contributed by atoms with Crippen LogP contribution in [-0.2, 0) is 28.5 Å². The van der Waals surface area contributed by atoms with Crippen LogP contribution in [-0.4, -0.2) is 156 Å². The second kappa shape index (κ2) is 10.9. The monoisotopic (exact) mass is 502 g/mol. The quantitative estimate of drug-likeness (QED) is 0.162. The van der Waals surface area contributed by atoms with E-state index in [2.05, 4.69) is 0 Å². The van der Waals surface area contributed by atoms with E-state index in [1.165, 1.54) is 6.92 Å². The summed E-state index contributed by atoms with van der Waals surface area (Å²) in [5, 5.41) is 99.5. The van der Waals surface area contributed by atoms with Gasteiger partial charge < -0.3 is 74.7 Å². The smallest absolute Gasteiger partial charge is 0.335 e. The Morgan fingerprint density at radius 2 is 1.29 bits per heavy atom. The first kappa shape index (κ1) is 27.5. The molecule has 16 nitrogen and oxygen atoms in total. The molecule has 1 unspecified atom stereocenters. The number of carboxylic acids is 1. The minimum Gasteiger partial charge on any atom is -0.479 e. The summed E-state index contributed by atoms with van der Waals surface area (Å²) >= 11 is 0. The highest BCUT2D eigenvalue weighted by Crippen LogP contribution is 2.32. The zero-order chi connectivity index (χ0) is 25.5. The van der Waals surface area contributed by atoms with E-state index in [-0.39, 0.29) is 0 Å². The van der Waals surface area contributed by atoms with Gasteiger partial charge in [0.1, 0.15) is 61.0 Å². The highest BCUT2D eigenvalue weighted by Gasteiger charge is 2.54. The van der Waals surface area contributed by atoms with Crippen LogP contribution in [0.15, 0.2) is 0 Å². The van der Waals surface area contributed by atoms with Crippen molar-refractivity contribution in [3.63, 3.8) is 0 Å². The van der Waals surface area contributed by atoms with Gasteiger partial charge in [-0.2, -0.15) is 0 Å². The molecule has 3 rings (SSSR count). The van der Waals surface area contributed by atoms with Gasteiger partial charge in [0, 0.05) is 0 Å². The maximum atomic E-state index is 11.6. The molecule has 0 amide bonds. The molecule has 15 atom stereocenters. The number of aliphatic hydroxyl groups excluding tert-OH is 9. The van der Waals surface area contributed by atoms with E-state index in [4.69, 9.17) is 23.7 Å². The van der Waals surface area contributed by atoms with Crippen molar-refractivity contribution in [1.82, 2.24) is 0 Å². The first-order chi connectivity index (χ1) is 15.9. The Kier molecular flexibility index (Phi) is 8.81. The van der Waals surface area contributed by atoms with Crippen LogP contribution in [0.2, 0.25) is 0 Å². The molecule has 0 saturated carbocycles. The van der Waals surface area contributed by atoms with Gasteiger partial charge in [0.15, 0.2) is 25.0 Å². The van der Waals surface area contributed by atoms with Crippen LogP contribution in [0.4, 0.5) is 0 Å². The summed E-state index contributed by atoms with van der Waals surface area (Å²) in [5.41, 5.74) is 0. The molecule has 0 spiro atoms. The first-order valence-corrected chi connectivity index (χ1v) is 10.4. The number of rotatable bonds is 6. The molecule has 0 aromatic carbocycles. The van der Waals surface area contributed by atoms with Gasteiger partial charge in [0.25, 0.3) is 0 Å². The molecule has 3 aliphatic rings. The van der Waals surface area contributed by atoms with E-state index < -0.39 is 105 Å². The average molecular weight is 502 g/mol. The van der Waals surface area contributed by atoms with Crippen molar-refractivity contribution in [2.45, 2.75) is 99.0 Å². The topological polar surface area (TPSA) is 266 Å². The predicted octanol–water partition coefficient (Wildman–Crippen LogP) is -6.45. The Morgan fingerprint density at radius 3 is 1.88 bits per heavy atom. The van der Waals surface area contributed by atoms with Gasteiger partial charge in [-0.1, -0.05) is 0 Å². The maximum Gasteiger partial charge on any atom is 0.335 e. The second-order valence-electron chi connectivity index (χ2n) is 8.36. The van der Waals surface area contributed by atoms with Crippen molar-refractivity contribution >= 4 is 5.97 Å². The normalized spacial score (nSPS) is 52.4. The summed E-state index contributed by atoms with van der Waals surface area (Å²) in [4.78, 5) is 11.6. The van der Waals surface area contributed by atoms with Crippen LogP contribution >= 0.6 is 0 Å². The number of ether oxygens (including phenoxy) is 5. The average Bonchev–Trinajstić information content (AvgIpc) is 2.80. The fraction of sp³-hybridized carbons (Fsp3) is 0.944. The summed E-state index contributed by atoms with van der Waals surface area (Å²) in [6.07, 6.45) is -26.5. The Labute approximate surface area is 192 Å². The summed E-state index contributed by atoms with van der Waals surface area (Å²) < 4.78 is 26.3. The molecule has 0 aliphatic carbocycles. The van der Waals surface area contributed by atoms with E-state index in [0.29, 0.717) is 0 Å². The van der Waals surface area contributed by atoms with Gasteiger partial charge in [-0.15, -0.1) is 0 Å². The third kappa shape index (κ3) is 5.20. The van der Waals surface area contributed by atoms with E-state index >= 15 is 0 Å². The summed E-state index contributed by atoms with van der Waals surface area (Å²) in [7, 11) is 0. The van der Waals surface area contributed by atoms with Gasteiger partial charge in [-0.3, -0.25) is 0 Å². The molecule has 0 bridgehead atoms. The Hall–Kier alpha value is -1.09. The van der Waals surface area contributed by atoms with E-state index in [0.717, 1.165) is 0 Å². The SMILES string of the molecule is C[C@@H]1O[C@@H](O[C@H]2[C@H](O[C@H]3[C@H](O)[C@@H](O)C(O)O[C@@H]3C(=O)O)O[C@H](CO)[C@@H](O)[C@@H]2O)[C@H](O)[C@H](O)[C@H]1O. The van der Waals surface area contributed by atoms with E-state index in [1.54, 1.807) is 0 Å². The Balaban J connectivity index is 1.86. The lowest BCUT2D eigenvalue weighted by molar-refractivity contribution is -0.383. The molecule has 34 heavy (non-hydrogen) atoms. The molecule has 3 heterocycles. The summed E-state index contributed by atoms with van der Waals surface area (Å²) in [6, 6.07) is 0.